The molecule has 0 bridgehead atoms. The topological polar surface area (TPSA) is 40.5 Å². The molecule has 1 saturated heterocycles. The van der Waals surface area contributed by atoms with Crippen molar-refractivity contribution in [1.29, 1.82) is 0 Å². The van der Waals surface area contributed by atoms with Crippen molar-refractivity contribution in [2.45, 2.75) is 51.6 Å². The van der Waals surface area contributed by atoms with Crippen molar-refractivity contribution in [3.05, 3.63) is 35.4 Å². The van der Waals surface area contributed by atoms with E-state index >= 15 is 0 Å². The predicted molar refractivity (Wildman–Crippen MR) is 83.2 cm³/mol. The van der Waals surface area contributed by atoms with Gasteiger partial charge >= 0.3 is 5.97 Å². The van der Waals surface area contributed by atoms with Crippen LogP contribution in [0.15, 0.2) is 24.3 Å². The Morgan fingerprint density at radius 1 is 1.33 bits per heavy atom. The molecular weight excluding hydrogens is 262 g/mol. The summed E-state index contributed by atoms with van der Waals surface area (Å²) in [7, 11) is 0. The van der Waals surface area contributed by atoms with E-state index in [1.54, 1.807) is 0 Å². The summed E-state index contributed by atoms with van der Waals surface area (Å²) in [5.74, 6) is 0.310. The fraction of sp³-hybridized carbons (Fsp3) is 0.611. The summed E-state index contributed by atoms with van der Waals surface area (Å²) in [5.41, 5.74) is 2.57. The van der Waals surface area contributed by atoms with Crippen LogP contribution in [0.3, 0.4) is 0 Å². The second kappa shape index (κ2) is 5.80. The van der Waals surface area contributed by atoms with E-state index in [1.807, 2.05) is 0 Å². The number of aryl methyl sites for hydroxylation is 1. The zero-order valence-electron chi connectivity index (χ0n) is 13.0. The van der Waals surface area contributed by atoms with Crippen LogP contribution in [0.4, 0.5) is 0 Å². The number of nitrogens with zero attached hydrogens (tertiary/aromatic N) is 1. The van der Waals surface area contributed by atoms with E-state index in [1.165, 1.54) is 24.0 Å². The molecule has 1 aromatic rings. The molecule has 1 saturated carbocycles. The Kier molecular flexibility index (Phi) is 4.03. The lowest BCUT2D eigenvalue weighted by Gasteiger charge is -2.30. The molecule has 2 fully saturated rings. The van der Waals surface area contributed by atoms with Gasteiger partial charge < -0.3 is 5.11 Å². The molecule has 4 atom stereocenters. The summed E-state index contributed by atoms with van der Waals surface area (Å²) in [6.45, 7) is 5.25. The number of rotatable bonds is 4. The standard InChI is InChI=1S/C18H25NO2/c1-3-13-7-9-14(10-8-13)12(2)19-11-15-5-4-6-16(15)17(19)18(20)21/h7-10,12,15-17H,3-6,11H2,1-2H3,(H,20,21). The van der Waals surface area contributed by atoms with Crippen LogP contribution in [-0.2, 0) is 11.2 Å². The summed E-state index contributed by atoms with van der Waals surface area (Å²) in [6, 6.07) is 8.55. The number of fused-ring (bicyclic) bond motifs is 1. The Labute approximate surface area is 127 Å². The maximum absolute atomic E-state index is 11.7. The van der Waals surface area contributed by atoms with Crippen molar-refractivity contribution >= 4 is 5.97 Å². The first-order chi connectivity index (χ1) is 10.1. The minimum absolute atomic E-state index is 0.183. The van der Waals surface area contributed by atoms with E-state index < -0.39 is 5.97 Å². The fourth-order valence-corrected chi connectivity index (χ4v) is 4.29. The summed E-state index contributed by atoms with van der Waals surface area (Å²) in [5, 5.41) is 9.67. The largest absolute Gasteiger partial charge is 0.480 e. The second-order valence-corrected chi connectivity index (χ2v) is 6.61. The zero-order valence-corrected chi connectivity index (χ0v) is 13.0. The summed E-state index contributed by atoms with van der Waals surface area (Å²) < 4.78 is 0. The Balaban J connectivity index is 1.82. The SMILES string of the molecule is CCc1ccc(C(C)N2CC3CCCC3C2C(=O)O)cc1. The zero-order chi connectivity index (χ0) is 15.0. The number of aliphatic carboxylic acids is 1. The Hall–Kier alpha value is -1.35. The number of likely N-dealkylation sites (tertiary alicyclic amines) is 1. The smallest absolute Gasteiger partial charge is 0.321 e. The van der Waals surface area contributed by atoms with Crippen LogP contribution in [0, 0.1) is 11.8 Å². The molecular formula is C18H25NO2. The molecule has 0 spiro atoms. The maximum Gasteiger partial charge on any atom is 0.321 e. The van der Waals surface area contributed by atoms with Gasteiger partial charge in [-0.25, -0.2) is 0 Å². The molecule has 1 aliphatic carbocycles. The highest BCUT2D eigenvalue weighted by Crippen LogP contribution is 2.45. The van der Waals surface area contributed by atoms with Crippen LogP contribution >= 0.6 is 0 Å². The van der Waals surface area contributed by atoms with Crippen molar-refractivity contribution in [3.63, 3.8) is 0 Å². The van der Waals surface area contributed by atoms with Crippen molar-refractivity contribution in [1.82, 2.24) is 4.90 Å². The van der Waals surface area contributed by atoms with Crippen LogP contribution < -0.4 is 0 Å². The molecule has 21 heavy (non-hydrogen) atoms. The first-order valence-corrected chi connectivity index (χ1v) is 8.19. The lowest BCUT2D eigenvalue weighted by molar-refractivity contribution is -0.144. The molecule has 1 N–H and O–H groups in total. The lowest BCUT2D eigenvalue weighted by Crippen LogP contribution is -2.41. The second-order valence-electron chi connectivity index (χ2n) is 6.61. The highest BCUT2D eigenvalue weighted by Gasteiger charge is 2.49. The van der Waals surface area contributed by atoms with Gasteiger partial charge in [-0.3, -0.25) is 9.69 Å². The molecule has 0 radical (unpaired) electrons. The van der Waals surface area contributed by atoms with E-state index in [9.17, 15) is 9.90 Å². The number of carboxylic acids is 1. The summed E-state index contributed by atoms with van der Waals surface area (Å²) in [6.07, 6.45) is 4.53. The van der Waals surface area contributed by atoms with Crippen LogP contribution in [0.2, 0.25) is 0 Å². The third-order valence-corrected chi connectivity index (χ3v) is 5.55. The van der Waals surface area contributed by atoms with Gasteiger partial charge in [-0.05, 0) is 49.1 Å². The van der Waals surface area contributed by atoms with Gasteiger partial charge in [0.05, 0.1) is 0 Å². The van der Waals surface area contributed by atoms with Crippen molar-refractivity contribution < 1.29 is 9.90 Å². The Bertz CT molecular complexity index is 510. The number of carboxylic acid groups (broad SMARTS) is 1. The van der Waals surface area contributed by atoms with Crippen LogP contribution in [0.5, 0.6) is 0 Å². The van der Waals surface area contributed by atoms with Crippen LogP contribution in [0.1, 0.15) is 50.3 Å². The van der Waals surface area contributed by atoms with Crippen LogP contribution in [-0.4, -0.2) is 28.6 Å². The molecule has 0 amide bonds. The van der Waals surface area contributed by atoms with Crippen molar-refractivity contribution in [2.75, 3.05) is 6.54 Å². The van der Waals surface area contributed by atoms with Gasteiger partial charge in [-0.1, -0.05) is 37.6 Å². The third-order valence-electron chi connectivity index (χ3n) is 5.55. The third kappa shape index (κ3) is 2.59. The first-order valence-electron chi connectivity index (χ1n) is 8.19. The van der Waals surface area contributed by atoms with E-state index in [-0.39, 0.29) is 12.1 Å². The van der Waals surface area contributed by atoms with E-state index in [2.05, 4.69) is 43.0 Å². The van der Waals surface area contributed by atoms with E-state index in [0.717, 1.165) is 19.4 Å². The van der Waals surface area contributed by atoms with E-state index in [0.29, 0.717) is 11.8 Å². The minimum Gasteiger partial charge on any atom is -0.480 e. The van der Waals surface area contributed by atoms with Crippen LogP contribution in [0.25, 0.3) is 0 Å². The summed E-state index contributed by atoms with van der Waals surface area (Å²) in [4.78, 5) is 14.0. The minimum atomic E-state index is -0.638. The molecule has 0 aromatic heterocycles. The lowest BCUT2D eigenvalue weighted by atomic mass is 9.94. The van der Waals surface area contributed by atoms with Gasteiger partial charge in [0, 0.05) is 12.6 Å². The molecule has 2 aliphatic rings. The van der Waals surface area contributed by atoms with Gasteiger partial charge in [0.2, 0.25) is 0 Å². The Morgan fingerprint density at radius 2 is 2.05 bits per heavy atom. The van der Waals surface area contributed by atoms with Gasteiger partial charge in [-0.15, -0.1) is 0 Å². The molecule has 4 unspecified atom stereocenters. The van der Waals surface area contributed by atoms with Gasteiger partial charge in [0.25, 0.3) is 0 Å². The van der Waals surface area contributed by atoms with E-state index in [4.69, 9.17) is 0 Å². The predicted octanol–water partition coefficient (Wildman–Crippen LogP) is 3.50. The average Bonchev–Trinajstić information content (AvgIpc) is 3.06. The Morgan fingerprint density at radius 3 is 2.67 bits per heavy atom. The molecule has 1 heterocycles. The number of carbonyl (C=O) groups is 1. The average molecular weight is 287 g/mol. The normalized spacial score (nSPS) is 30.3. The maximum atomic E-state index is 11.7. The van der Waals surface area contributed by atoms with Crippen molar-refractivity contribution in [2.24, 2.45) is 11.8 Å². The number of hydrogen-bond donors (Lipinski definition) is 1. The molecule has 3 heteroatoms. The van der Waals surface area contributed by atoms with Gasteiger partial charge in [-0.2, -0.15) is 0 Å². The molecule has 114 valence electrons. The molecule has 3 rings (SSSR count). The molecule has 1 aromatic carbocycles. The monoisotopic (exact) mass is 287 g/mol. The number of benzene rings is 1. The highest BCUT2D eigenvalue weighted by atomic mass is 16.4. The van der Waals surface area contributed by atoms with Crippen molar-refractivity contribution in [3.8, 4) is 0 Å². The quantitative estimate of drug-likeness (QED) is 0.921. The van der Waals surface area contributed by atoms with Gasteiger partial charge in [0.15, 0.2) is 0 Å². The highest BCUT2D eigenvalue weighted by molar-refractivity contribution is 5.74. The molecule has 3 nitrogen and oxygen atoms in total. The summed E-state index contributed by atoms with van der Waals surface area (Å²) >= 11 is 0. The van der Waals surface area contributed by atoms with Gasteiger partial charge in [0.1, 0.15) is 6.04 Å². The fourth-order valence-electron chi connectivity index (χ4n) is 4.29. The first kappa shape index (κ1) is 14.6. The number of hydrogen-bond acceptors (Lipinski definition) is 2. The molecule has 1 aliphatic heterocycles.